The number of amides is 1. The number of aryl methyl sites for hydroxylation is 1. The van der Waals surface area contributed by atoms with Gasteiger partial charge in [0.05, 0.1) is 24.3 Å². The van der Waals surface area contributed by atoms with Crippen LogP contribution in [0.3, 0.4) is 0 Å². The van der Waals surface area contributed by atoms with E-state index in [-0.39, 0.29) is 18.1 Å². The zero-order valence-corrected chi connectivity index (χ0v) is 12.4. The van der Waals surface area contributed by atoms with Crippen molar-refractivity contribution in [2.24, 2.45) is 0 Å². The van der Waals surface area contributed by atoms with Crippen molar-refractivity contribution in [1.29, 1.82) is 0 Å². The van der Waals surface area contributed by atoms with Crippen LogP contribution in [-0.4, -0.2) is 49.9 Å². The fourth-order valence-electron chi connectivity index (χ4n) is 2.07. The first-order chi connectivity index (χ1) is 10.5. The number of nitrogens with one attached hydrogen (secondary N) is 1. The number of carbonyl (C=O) groups excluding carboxylic acids is 1. The second-order valence-electron chi connectivity index (χ2n) is 4.51. The van der Waals surface area contributed by atoms with Crippen LogP contribution in [0, 0.1) is 10.1 Å². The van der Waals surface area contributed by atoms with Crippen molar-refractivity contribution in [3.05, 3.63) is 33.8 Å². The molecule has 0 aliphatic carbocycles. The predicted molar refractivity (Wildman–Crippen MR) is 75.5 cm³/mol. The molecule has 0 aliphatic rings. The highest BCUT2D eigenvalue weighted by molar-refractivity contribution is 5.96. The molecule has 1 N–H and O–H groups in total. The Morgan fingerprint density at radius 2 is 2.32 bits per heavy atom. The molecule has 0 saturated heterocycles. The van der Waals surface area contributed by atoms with E-state index in [1.165, 1.54) is 12.0 Å². The third kappa shape index (κ3) is 2.75. The summed E-state index contributed by atoms with van der Waals surface area (Å²) in [6, 6.07) is 1.79. The average Bonchev–Trinajstić information content (AvgIpc) is 3.11. The molecule has 0 radical (unpaired) electrons. The van der Waals surface area contributed by atoms with Gasteiger partial charge in [0, 0.05) is 19.8 Å². The van der Waals surface area contributed by atoms with Gasteiger partial charge in [-0.15, -0.1) is 5.10 Å². The maximum Gasteiger partial charge on any atom is 0.362 e. The van der Waals surface area contributed by atoms with Gasteiger partial charge in [0.25, 0.3) is 5.91 Å². The highest BCUT2D eigenvalue weighted by Gasteiger charge is 2.31. The van der Waals surface area contributed by atoms with E-state index in [0.29, 0.717) is 6.54 Å². The number of hydrogen-bond donors (Lipinski definition) is 1. The molecule has 2 aromatic rings. The fraction of sp³-hybridized carbons (Fsp3) is 0.417. The van der Waals surface area contributed by atoms with Crippen LogP contribution in [0.15, 0.2) is 12.3 Å². The number of nitro groups is 1. The summed E-state index contributed by atoms with van der Waals surface area (Å²) in [6.45, 7) is 2.87. The zero-order valence-electron chi connectivity index (χ0n) is 12.4. The minimum Gasteiger partial charge on any atom is -0.475 e. The SMILES string of the molecule is CCn1nccc1CN(C)C(=O)c1[nH]nc(OC)c1[N+](=O)[O-]. The monoisotopic (exact) mass is 308 g/mol. The quantitative estimate of drug-likeness (QED) is 0.623. The lowest BCUT2D eigenvalue weighted by Gasteiger charge is -2.16. The van der Waals surface area contributed by atoms with Crippen molar-refractivity contribution in [1.82, 2.24) is 24.9 Å². The van der Waals surface area contributed by atoms with E-state index < -0.39 is 16.5 Å². The summed E-state index contributed by atoms with van der Waals surface area (Å²) in [7, 11) is 2.80. The Bertz CT molecular complexity index is 692. The Morgan fingerprint density at radius 1 is 1.59 bits per heavy atom. The van der Waals surface area contributed by atoms with Gasteiger partial charge in [0.2, 0.25) is 5.69 Å². The van der Waals surface area contributed by atoms with Crippen LogP contribution in [0.25, 0.3) is 0 Å². The normalized spacial score (nSPS) is 10.5. The van der Waals surface area contributed by atoms with Crippen LogP contribution in [0.5, 0.6) is 5.88 Å². The number of nitrogens with zero attached hydrogens (tertiary/aromatic N) is 5. The van der Waals surface area contributed by atoms with Gasteiger partial charge in [-0.3, -0.25) is 24.7 Å². The molecule has 0 aromatic carbocycles. The molecular formula is C12H16N6O4. The van der Waals surface area contributed by atoms with Crippen molar-refractivity contribution >= 4 is 11.6 Å². The van der Waals surface area contributed by atoms with Crippen molar-refractivity contribution in [2.75, 3.05) is 14.2 Å². The number of ether oxygens (including phenoxy) is 1. The summed E-state index contributed by atoms with van der Waals surface area (Å²) in [5, 5.41) is 21.2. The predicted octanol–water partition coefficient (Wildman–Crippen LogP) is 0.815. The van der Waals surface area contributed by atoms with Crippen LogP contribution in [0.2, 0.25) is 0 Å². The molecular weight excluding hydrogens is 292 g/mol. The second-order valence-corrected chi connectivity index (χ2v) is 4.51. The van der Waals surface area contributed by atoms with E-state index in [0.717, 1.165) is 5.69 Å². The second kappa shape index (κ2) is 6.24. The number of H-pyrrole nitrogens is 1. The number of aromatic nitrogens is 4. The standard InChI is InChI=1S/C12H16N6O4/c1-4-17-8(5-6-13-17)7-16(2)12(19)9-10(18(20)21)11(22-3)15-14-9/h5-6H,4,7H2,1-3H3,(H,14,15). The largest absolute Gasteiger partial charge is 0.475 e. The Morgan fingerprint density at radius 3 is 2.91 bits per heavy atom. The van der Waals surface area contributed by atoms with Crippen LogP contribution in [0.1, 0.15) is 23.1 Å². The Labute approximate surface area is 125 Å². The first-order valence-electron chi connectivity index (χ1n) is 6.52. The third-order valence-corrected chi connectivity index (χ3v) is 3.15. The van der Waals surface area contributed by atoms with E-state index in [1.54, 1.807) is 24.0 Å². The molecule has 1 amide bonds. The summed E-state index contributed by atoms with van der Waals surface area (Å²) in [5.41, 5.74) is 0.141. The summed E-state index contributed by atoms with van der Waals surface area (Å²) in [4.78, 5) is 24.1. The van der Waals surface area contributed by atoms with Gasteiger partial charge in [-0.25, -0.2) is 0 Å². The lowest BCUT2D eigenvalue weighted by molar-refractivity contribution is -0.386. The molecule has 0 aliphatic heterocycles. The molecule has 0 bridgehead atoms. The maximum absolute atomic E-state index is 12.4. The van der Waals surface area contributed by atoms with Crippen LogP contribution in [0.4, 0.5) is 5.69 Å². The number of hydrogen-bond acceptors (Lipinski definition) is 6. The summed E-state index contributed by atoms with van der Waals surface area (Å²) in [5.74, 6) is -0.772. The molecule has 22 heavy (non-hydrogen) atoms. The van der Waals surface area contributed by atoms with Crippen molar-refractivity contribution in [3.63, 3.8) is 0 Å². The molecule has 0 fully saturated rings. The van der Waals surface area contributed by atoms with Gasteiger partial charge < -0.3 is 9.64 Å². The highest BCUT2D eigenvalue weighted by atomic mass is 16.6. The summed E-state index contributed by atoms with van der Waals surface area (Å²) >= 11 is 0. The van der Waals surface area contributed by atoms with E-state index in [4.69, 9.17) is 4.74 Å². The number of aromatic amines is 1. The number of carbonyl (C=O) groups is 1. The smallest absolute Gasteiger partial charge is 0.362 e. The van der Waals surface area contributed by atoms with E-state index in [9.17, 15) is 14.9 Å². The van der Waals surface area contributed by atoms with Crippen molar-refractivity contribution in [3.8, 4) is 5.88 Å². The van der Waals surface area contributed by atoms with Gasteiger partial charge in [-0.1, -0.05) is 0 Å². The van der Waals surface area contributed by atoms with Gasteiger partial charge in [-0.05, 0) is 13.0 Å². The van der Waals surface area contributed by atoms with Crippen LogP contribution < -0.4 is 4.74 Å². The fourth-order valence-corrected chi connectivity index (χ4v) is 2.07. The maximum atomic E-state index is 12.4. The van der Waals surface area contributed by atoms with E-state index >= 15 is 0 Å². The lowest BCUT2D eigenvalue weighted by atomic mass is 10.3. The molecule has 0 saturated carbocycles. The first-order valence-corrected chi connectivity index (χ1v) is 6.52. The molecule has 10 heteroatoms. The number of methoxy groups -OCH3 is 1. The summed E-state index contributed by atoms with van der Waals surface area (Å²) in [6.07, 6.45) is 1.64. The van der Waals surface area contributed by atoms with Gasteiger partial charge in [-0.2, -0.15) is 5.10 Å². The average molecular weight is 308 g/mol. The van der Waals surface area contributed by atoms with Crippen LogP contribution >= 0.6 is 0 Å². The Hall–Kier alpha value is -2.91. The topological polar surface area (TPSA) is 119 Å². The van der Waals surface area contributed by atoms with Gasteiger partial charge in [0.1, 0.15) is 0 Å². The van der Waals surface area contributed by atoms with E-state index in [2.05, 4.69) is 15.3 Å². The van der Waals surface area contributed by atoms with Gasteiger partial charge in [0.15, 0.2) is 0 Å². The highest BCUT2D eigenvalue weighted by Crippen LogP contribution is 2.28. The van der Waals surface area contributed by atoms with E-state index in [1.807, 2.05) is 6.92 Å². The first kappa shape index (κ1) is 15.5. The van der Waals surface area contributed by atoms with Crippen molar-refractivity contribution in [2.45, 2.75) is 20.0 Å². The molecule has 2 rings (SSSR count). The molecule has 0 unspecified atom stereocenters. The molecule has 0 spiro atoms. The molecule has 2 aromatic heterocycles. The Kier molecular flexibility index (Phi) is 4.39. The van der Waals surface area contributed by atoms with Crippen LogP contribution in [-0.2, 0) is 13.1 Å². The third-order valence-electron chi connectivity index (χ3n) is 3.15. The lowest BCUT2D eigenvalue weighted by Crippen LogP contribution is -2.28. The minimum absolute atomic E-state index is 0.216. The van der Waals surface area contributed by atoms with Crippen molar-refractivity contribution < 1.29 is 14.5 Å². The Balaban J connectivity index is 2.24. The molecule has 0 atom stereocenters. The van der Waals surface area contributed by atoms with Gasteiger partial charge >= 0.3 is 11.6 Å². The zero-order chi connectivity index (χ0) is 16.3. The number of rotatable bonds is 6. The molecule has 10 nitrogen and oxygen atoms in total. The summed E-state index contributed by atoms with van der Waals surface area (Å²) < 4.78 is 6.53. The molecule has 2 heterocycles. The molecule has 118 valence electrons. The minimum atomic E-state index is -0.695.